The Balaban J connectivity index is 2.03. The van der Waals surface area contributed by atoms with Crippen LogP contribution in [-0.2, 0) is 4.79 Å². The maximum Gasteiger partial charge on any atom is 0.225 e. The lowest BCUT2D eigenvalue weighted by atomic mass is 10.1. The van der Waals surface area contributed by atoms with Gasteiger partial charge in [-0.1, -0.05) is 0 Å². The van der Waals surface area contributed by atoms with E-state index in [1.165, 1.54) is 12.1 Å². The van der Waals surface area contributed by atoms with Crippen LogP contribution in [0.5, 0.6) is 5.75 Å². The first-order valence-corrected chi connectivity index (χ1v) is 5.06. The molecule has 2 rings (SSSR count). The molecule has 0 unspecified atom stereocenters. The SMILES string of the molecule is NC(=O)C1(CNc2ccc(F)cc2O)CC1. The molecule has 5 heteroatoms. The fourth-order valence-electron chi connectivity index (χ4n) is 1.58. The van der Waals surface area contributed by atoms with E-state index < -0.39 is 11.2 Å². The van der Waals surface area contributed by atoms with Crippen molar-refractivity contribution >= 4 is 11.6 Å². The minimum Gasteiger partial charge on any atom is -0.506 e. The Morgan fingerprint density at radius 1 is 1.56 bits per heavy atom. The number of nitrogens with one attached hydrogen (secondary N) is 1. The molecule has 1 aromatic rings. The summed E-state index contributed by atoms with van der Waals surface area (Å²) in [6, 6.07) is 3.69. The second-order valence-corrected chi connectivity index (χ2v) is 4.16. The molecule has 1 aromatic carbocycles. The molecule has 0 saturated heterocycles. The molecule has 0 spiro atoms. The van der Waals surface area contributed by atoms with Crippen LogP contribution in [0.2, 0.25) is 0 Å². The number of primary amides is 1. The summed E-state index contributed by atoms with van der Waals surface area (Å²) in [5.41, 5.74) is 5.18. The number of halogens is 1. The van der Waals surface area contributed by atoms with Crippen molar-refractivity contribution in [2.24, 2.45) is 11.1 Å². The van der Waals surface area contributed by atoms with Crippen molar-refractivity contribution in [1.82, 2.24) is 0 Å². The molecule has 0 atom stereocenters. The van der Waals surface area contributed by atoms with E-state index in [9.17, 15) is 14.3 Å². The van der Waals surface area contributed by atoms with Crippen molar-refractivity contribution in [3.63, 3.8) is 0 Å². The zero-order chi connectivity index (χ0) is 11.8. The minimum absolute atomic E-state index is 0.166. The molecular weight excluding hydrogens is 211 g/mol. The van der Waals surface area contributed by atoms with Crippen LogP contribution in [0.1, 0.15) is 12.8 Å². The molecule has 0 heterocycles. The van der Waals surface area contributed by atoms with Crippen molar-refractivity contribution in [3.05, 3.63) is 24.0 Å². The third kappa shape index (κ3) is 1.93. The van der Waals surface area contributed by atoms with Gasteiger partial charge in [0.15, 0.2) is 0 Å². The Kier molecular flexibility index (Phi) is 2.46. The molecule has 1 aliphatic rings. The number of aromatic hydroxyl groups is 1. The number of amides is 1. The molecule has 1 saturated carbocycles. The van der Waals surface area contributed by atoms with Crippen LogP contribution in [-0.4, -0.2) is 17.6 Å². The Labute approximate surface area is 92.3 Å². The largest absolute Gasteiger partial charge is 0.506 e. The van der Waals surface area contributed by atoms with E-state index in [4.69, 9.17) is 5.73 Å². The number of nitrogens with two attached hydrogens (primary N) is 1. The number of rotatable bonds is 4. The fraction of sp³-hybridized carbons (Fsp3) is 0.364. The highest BCUT2D eigenvalue weighted by atomic mass is 19.1. The highest BCUT2D eigenvalue weighted by molar-refractivity contribution is 5.84. The number of phenolic OH excluding ortho intramolecular Hbond substituents is 1. The standard InChI is InChI=1S/C11H13FN2O2/c12-7-1-2-8(9(15)5-7)14-6-11(3-4-11)10(13)16/h1-2,5,14-15H,3-4,6H2,(H2,13,16). The van der Waals surface area contributed by atoms with Crippen LogP contribution in [0.3, 0.4) is 0 Å². The normalized spacial score (nSPS) is 16.8. The maximum atomic E-state index is 12.7. The maximum absolute atomic E-state index is 12.7. The van der Waals surface area contributed by atoms with Gasteiger partial charge in [-0.15, -0.1) is 0 Å². The number of hydrogen-bond donors (Lipinski definition) is 3. The molecule has 0 bridgehead atoms. The Bertz CT molecular complexity index is 430. The average Bonchev–Trinajstić information content (AvgIpc) is 2.97. The van der Waals surface area contributed by atoms with Crippen LogP contribution < -0.4 is 11.1 Å². The number of hydrogen-bond acceptors (Lipinski definition) is 3. The second kappa shape index (κ2) is 3.66. The molecule has 1 fully saturated rings. The van der Waals surface area contributed by atoms with Crippen molar-refractivity contribution in [2.75, 3.05) is 11.9 Å². The highest BCUT2D eigenvalue weighted by Crippen LogP contribution is 2.45. The monoisotopic (exact) mass is 224 g/mol. The third-order valence-electron chi connectivity index (χ3n) is 2.95. The minimum atomic E-state index is -0.501. The zero-order valence-electron chi connectivity index (χ0n) is 8.66. The molecule has 86 valence electrons. The lowest BCUT2D eigenvalue weighted by Gasteiger charge is -2.13. The molecule has 0 aliphatic heterocycles. The Hall–Kier alpha value is -1.78. The summed E-state index contributed by atoms with van der Waals surface area (Å²) in [5.74, 6) is -0.999. The number of carbonyl (C=O) groups excluding carboxylic acids is 1. The van der Waals surface area contributed by atoms with E-state index in [-0.39, 0.29) is 11.7 Å². The van der Waals surface area contributed by atoms with Gasteiger partial charge in [0.2, 0.25) is 5.91 Å². The van der Waals surface area contributed by atoms with Crippen LogP contribution >= 0.6 is 0 Å². The van der Waals surface area contributed by atoms with Crippen LogP contribution in [0.25, 0.3) is 0 Å². The molecule has 0 radical (unpaired) electrons. The quantitative estimate of drug-likeness (QED) is 0.673. The Morgan fingerprint density at radius 2 is 2.25 bits per heavy atom. The van der Waals surface area contributed by atoms with Gasteiger partial charge in [0, 0.05) is 12.6 Å². The second-order valence-electron chi connectivity index (χ2n) is 4.16. The lowest BCUT2D eigenvalue weighted by molar-refractivity contribution is -0.122. The molecule has 1 aliphatic carbocycles. The van der Waals surface area contributed by atoms with Crippen molar-refractivity contribution < 1.29 is 14.3 Å². The fourth-order valence-corrected chi connectivity index (χ4v) is 1.58. The zero-order valence-corrected chi connectivity index (χ0v) is 8.66. The summed E-state index contributed by atoms with van der Waals surface area (Å²) in [4.78, 5) is 11.1. The number of carbonyl (C=O) groups is 1. The molecular formula is C11H13FN2O2. The first kappa shape index (κ1) is 10.7. The van der Waals surface area contributed by atoms with E-state index in [0.717, 1.165) is 18.9 Å². The average molecular weight is 224 g/mol. The number of anilines is 1. The molecule has 1 amide bonds. The van der Waals surface area contributed by atoms with E-state index in [0.29, 0.717) is 12.2 Å². The molecule has 0 aromatic heterocycles. The third-order valence-corrected chi connectivity index (χ3v) is 2.95. The van der Waals surface area contributed by atoms with Crippen molar-refractivity contribution in [3.8, 4) is 5.75 Å². The Morgan fingerprint density at radius 3 is 2.75 bits per heavy atom. The summed E-state index contributed by atoms with van der Waals surface area (Å²) in [5, 5.41) is 12.3. The predicted octanol–water partition coefficient (Wildman–Crippen LogP) is 1.21. The molecule has 4 N–H and O–H groups in total. The van der Waals surface area contributed by atoms with Gasteiger partial charge in [-0.25, -0.2) is 4.39 Å². The molecule has 4 nitrogen and oxygen atoms in total. The lowest BCUT2D eigenvalue weighted by Crippen LogP contribution is -2.31. The van der Waals surface area contributed by atoms with Gasteiger partial charge >= 0.3 is 0 Å². The van der Waals surface area contributed by atoms with Gasteiger partial charge in [0.1, 0.15) is 11.6 Å². The summed E-state index contributed by atoms with van der Waals surface area (Å²) >= 11 is 0. The van der Waals surface area contributed by atoms with Crippen LogP contribution in [0.4, 0.5) is 10.1 Å². The van der Waals surface area contributed by atoms with Gasteiger partial charge in [0.05, 0.1) is 11.1 Å². The van der Waals surface area contributed by atoms with E-state index >= 15 is 0 Å². The first-order valence-electron chi connectivity index (χ1n) is 5.06. The van der Waals surface area contributed by atoms with Gasteiger partial charge in [0.25, 0.3) is 0 Å². The van der Waals surface area contributed by atoms with Gasteiger partial charge in [-0.3, -0.25) is 4.79 Å². The van der Waals surface area contributed by atoms with Gasteiger partial charge < -0.3 is 16.2 Å². The molecule has 16 heavy (non-hydrogen) atoms. The predicted molar refractivity (Wildman–Crippen MR) is 57.4 cm³/mol. The summed E-state index contributed by atoms with van der Waals surface area (Å²) < 4.78 is 12.7. The van der Waals surface area contributed by atoms with Gasteiger partial charge in [-0.05, 0) is 25.0 Å². The van der Waals surface area contributed by atoms with Crippen molar-refractivity contribution in [2.45, 2.75) is 12.8 Å². The number of benzene rings is 1. The number of phenols is 1. The van der Waals surface area contributed by atoms with E-state index in [1.54, 1.807) is 0 Å². The van der Waals surface area contributed by atoms with Gasteiger partial charge in [-0.2, -0.15) is 0 Å². The van der Waals surface area contributed by atoms with E-state index in [2.05, 4.69) is 5.32 Å². The van der Waals surface area contributed by atoms with Crippen LogP contribution in [0.15, 0.2) is 18.2 Å². The van der Waals surface area contributed by atoms with Crippen molar-refractivity contribution in [1.29, 1.82) is 0 Å². The summed E-state index contributed by atoms with van der Waals surface area (Å²) in [6.07, 6.45) is 1.52. The van der Waals surface area contributed by atoms with E-state index in [1.807, 2.05) is 0 Å². The summed E-state index contributed by atoms with van der Waals surface area (Å²) in [7, 11) is 0. The van der Waals surface area contributed by atoms with Crippen LogP contribution in [0, 0.1) is 11.2 Å². The smallest absolute Gasteiger partial charge is 0.225 e. The summed E-state index contributed by atoms with van der Waals surface area (Å²) in [6.45, 7) is 0.377. The topological polar surface area (TPSA) is 75.4 Å². The highest BCUT2D eigenvalue weighted by Gasteiger charge is 2.48. The first-order chi connectivity index (χ1) is 7.53.